The van der Waals surface area contributed by atoms with E-state index in [9.17, 15) is 9.18 Å². The topological polar surface area (TPSA) is 59.0 Å². The number of nitrogens with zero attached hydrogens (tertiary/aromatic N) is 2. The number of aryl methyl sites for hydroxylation is 1. The van der Waals surface area contributed by atoms with E-state index in [1.165, 1.54) is 23.9 Å². The lowest BCUT2D eigenvalue weighted by Crippen LogP contribution is -2.19. The van der Waals surface area contributed by atoms with Crippen LogP contribution in [0.1, 0.15) is 6.42 Å². The van der Waals surface area contributed by atoms with E-state index in [-0.39, 0.29) is 11.7 Å². The number of nitrogens with one attached hydrogen (secondary N) is 2. The number of imidazole rings is 1. The summed E-state index contributed by atoms with van der Waals surface area (Å²) in [6.45, 7) is 0.572. The quantitative estimate of drug-likeness (QED) is 0.859. The Balaban J connectivity index is 2.17. The summed E-state index contributed by atoms with van der Waals surface area (Å²) >= 11 is 1.38. The van der Waals surface area contributed by atoms with E-state index in [2.05, 4.69) is 15.6 Å². The maximum atomic E-state index is 13.4. The minimum absolute atomic E-state index is 0.156. The van der Waals surface area contributed by atoms with Gasteiger partial charge in [0.1, 0.15) is 5.82 Å². The molecule has 0 atom stereocenters. The monoisotopic (exact) mass is 308 g/mol. The first-order valence-electron chi connectivity index (χ1n) is 6.49. The van der Waals surface area contributed by atoms with Crippen LogP contribution in [0.15, 0.2) is 40.6 Å². The van der Waals surface area contributed by atoms with Gasteiger partial charge in [0.2, 0.25) is 5.91 Å². The number of carbonyl (C=O) groups excluding carboxylic acids is 1. The van der Waals surface area contributed by atoms with Crippen molar-refractivity contribution in [1.82, 2.24) is 14.9 Å². The molecule has 2 N–H and O–H groups in total. The molecule has 0 unspecified atom stereocenters. The Morgan fingerprint density at radius 3 is 2.95 bits per heavy atom. The first-order valence-corrected chi connectivity index (χ1v) is 7.31. The smallest absolute Gasteiger partial charge is 0.225 e. The van der Waals surface area contributed by atoms with Crippen LogP contribution in [0.5, 0.6) is 0 Å². The molecule has 0 bridgehead atoms. The molecule has 0 spiro atoms. The van der Waals surface area contributed by atoms with Crippen molar-refractivity contribution in [3.8, 4) is 0 Å². The van der Waals surface area contributed by atoms with E-state index < -0.39 is 0 Å². The predicted octanol–water partition coefficient (Wildman–Crippen LogP) is 2.26. The van der Waals surface area contributed by atoms with Crippen molar-refractivity contribution < 1.29 is 9.18 Å². The molecule has 1 aromatic carbocycles. The lowest BCUT2D eigenvalue weighted by atomic mass is 10.3. The van der Waals surface area contributed by atoms with Crippen molar-refractivity contribution in [2.75, 3.05) is 18.9 Å². The zero-order chi connectivity index (χ0) is 15.2. The van der Waals surface area contributed by atoms with E-state index in [1.54, 1.807) is 19.3 Å². The van der Waals surface area contributed by atoms with Gasteiger partial charge in [0, 0.05) is 37.3 Å². The van der Waals surface area contributed by atoms with Crippen LogP contribution < -0.4 is 10.6 Å². The molecular formula is C14H17FN4OS. The molecule has 1 heterocycles. The summed E-state index contributed by atoms with van der Waals surface area (Å²) < 4.78 is 15.3. The molecule has 0 saturated heterocycles. The van der Waals surface area contributed by atoms with Crippen LogP contribution in [0.4, 0.5) is 10.1 Å². The fourth-order valence-corrected chi connectivity index (χ4v) is 2.56. The minimum atomic E-state index is -0.386. The summed E-state index contributed by atoms with van der Waals surface area (Å²) in [6.07, 6.45) is 3.85. The van der Waals surface area contributed by atoms with Gasteiger partial charge in [-0.15, -0.1) is 0 Å². The van der Waals surface area contributed by atoms with Gasteiger partial charge in [-0.3, -0.25) is 4.79 Å². The third kappa shape index (κ3) is 4.30. The second-order valence-corrected chi connectivity index (χ2v) is 5.47. The molecule has 1 aromatic heterocycles. The number of amides is 1. The highest BCUT2D eigenvalue weighted by Crippen LogP contribution is 2.32. The Hall–Kier alpha value is -1.86. The third-order valence-electron chi connectivity index (χ3n) is 2.80. The molecule has 7 heteroatoms. The van der Waals surface area contributed by atoms with Crippen LogP contribution in [-0.2, 0) is 11.8 Å². The van der Waals surface area contributed by atoms with Gasteiger partial charge in [-0.25, -0.2) is 9.37 Å². The zero-order valence-electron chi connectivity index (χ0n) is 11.9. The Kier molecular flexibility index (Phi) is 5.35. The van der Waals surface area contributed by atoms with Crippen molar-refractivity contribution in [2.45, 2.75) is 16.5 Å². The zero-order valence-corrected chi connectivity index (χ0v) is 12.7. The largest absolute Gasteiger partial charge is 0.329 e. The predicted molar refractivity (Wildman–Crippen MR) is 80.9 cm³/mol. The summed E-state index contributed by atoms with van der Waals surface area (Å²) in [6, 6.07) is 4.33. The van der Waals surface area contributed by atoms with Gasteiger partial charge in [0.05, 0.1) is 5.69 Å². The molecule has 0 aliphatic rings. The number of hydrogen-bond donors (Lipinski definition) is 2. The van der Waals surface area contributed by atoms with Crippen molar-refractivity contribution >= 4 is 23.4 Å². The molecule has 2 rings (SSSR count). The van der Waals surface area contributed by atoms with Gasteiger partial charge in [0.15, 0.2) is 5.16 Å². The molecule has 21 heavy (non-hydrogen) atoms. The van der Waals surface area contributed by atoms with Crippen molar-refractivity contribution in [1.29, 1.82) is 0 Å². The number of aromatic nitrogens is 2. The van der Waals surface area contributed by atoms with Crippen LogP contribution in [0.2, 0.25) is 0 Å². The summed E-state index contributed by atoms with van der Waals surface area (Å²) in [4.78, 5) is 16.8. The van der Waals surface area contributed by atoms with Crippen molar-refractivity contribution in [2.24, 2.45) is 7.05 Å². The maximum absolute atomic E-state index is 13.4. The highest BCUT2D eigenvalue weighted by Gasteiger charge is 2.11. The second-order valence-electron chi connectivity index (χ2n) is 4.46. The van der Waals surface area contributed by atoms with Crippen LogP contribution in [0.25, 0.3) is 0 Å². The minimum Gasteiger partial charge on any atom is -0.329 e. The highest BCUT2D eigenvalue weighted by atomic mass is 32.2. The van der Waals surface area contributed by atoms with Crippen LogP contribution >= 0.6 is 11.8 Å². The highest BCUT2D eigenvalue weighted by molar-refractivity contribution is 7.99. The molecule has 0 saturated carbocycles. The molecule has 2 aromatic rings. The van der Waals surface area contributed by atoms with Crippen molar-refractivity contribution in [3.63, 3.8) is 0 Å². The fourth-order valence-electron chi connectivity index (χ4n) is 1.69. The Labute approximate surface area is 127 Å². The summed E-state index contributed by atoms with van der Waals surface area (Å²) in [5.41, 5.74) is 0.462. The normalized spacial score (nSPS) is 10.6. The SMILES string of the molecule is CNCCC(=O)Nc1cc(F)ccc1Sc1nccn1C. The molecule has 0 aliphatic heterocycles. The van der Waals surface area contributed by atoms with Crippen LogP contribution in [0, 0.1) is 5.82 Å². The van der Waals surface area contributed by atoms with Gasteiger partial charge in [-0.1, -0.05) is 0 Å². The first kappa shape index (κ1) is 15.5. The lowest BCUT2D eigenvalue weighted by molar-refractivity contribution is -0.116. The summed E-state index contributed by atoms with van der Waals surface area (Å²) in [7, 11) is 3.65. The lowest BCUT2D eigenvalue weighted by Gasteiger charge is -2.11. The number of rotatable bonds is 6. The molecular weight excluding hydrogens is 291 g/mol. The average Bonchev–Trinajstić information content (AvgIpc) is 2.85. The van der Waals surface area contributed by atoms with E-state index >= 15 is 0 Å². The molecule has 0 radical (unpaired) electrons. The number of carbonyl (C=O) groups is 1. The van der Waals surface area contributed by atoms with Gasteiger partial charge >= 0.3 is 0 Å². The Morgan fingerprint density at radius 1 is 1.48 bits per heavy atom. The van der Waals surface area contributed by atoms with E-state index in [0.29, 0.717) is 18.7 Å². The molecule has 112 valence electrons. The van der Waals surface area contributed by atoms with E-state index in [4.69, 9.17) is 0 Å². The summed E-state index contributed by atoms with van der Waals surface area (Å²) in [5.74, 6) is -0.542. The van der Waals surface area contributed by atoms with Gasteiger partial charge in [-0.05, 0) is 37.0 Å². The average molecular weight is 308 g/mol. The van der Waals surface area contributed by atoms with Crippen LogP contribution in [-0.4, -0.2) is 29.1 Å². The summed E-state index contributed by atoms with van der Waals surface area (Å²) in [5, 5.41) is 6.41. The number of hydrogen-bond acceptors (Lipinski definition) is 4. The Bertz CT molecular complexity index is 629. The maximum Gasteiger partial charge on any atom is 0.225 e. The first-order chi connectivity index (χ1) is 10.1. The second kappa shape index (κ2) is 7.24. The molecule has 0 fully saturated rings. The fraction of sp³-hybridized carbons (Fsp3) is 0.286. The third-order valence-corrected chi connectivity index (χ3v) is 3.95. The number of benzene rings is 1. The van der Waals surface area contributed by atoms with E-state index in [0.717, 1.165) is 10.1 Å². The van der Waals surface area contributed by atoms with Crippen LogP contribution in [0.3, 0.4) is 0 Å². The van der Waals surface area contributed by atoms with Gasteiger partial charge < -0.3 is 15.2 Å². The van der Waals surface area contributed by atoms with Gasteiger partial charge in [0.25, 0.3) is 0 Å². The van der Waals surface area contributed by atoms with Crippen molar-refractivity contribution in [3.05, 3.63) is 36.4 Å². The standard InChI is InChI=1S/C14H17FN4OS/c1-16-6-5-13(20)18-11-9-10(15)3-4-12(11)21-14-17-7-8-19(14)2/h3-4,7-9,16H,5-6H2,1-2H3,(H,18,20). The molecule has 0 aliphatic carbocycles. The van der Waals surface area contributed by atoms with Gasteiger partial charge in [-0.2, -0.15) is 0 Å². The Morgan fingerprint density at radius 2 is 2.29 bits per heavy atom. The number of anilines is 1. The molecule has 1 amide bonds. The number of halogens is 1. The van der Waals surface area contributed by atoms with E-state index in [1.807, 2.05) is 17.8 Å². The molecule has 5 nitrogen and oxygen atoms in total.